The summed E-state index contributed by atoms with van der Waals surface area (Å²) in [5, 5.41) is 1.22. The Balaban J connectivity index is 1.77. The van der Waals surface area contributed by atoms with E-state index < -0.39 is 0 Å². The van der Waals surface area contributed by atoms with E-state index in [-0.39, 0.29) is 6.10 Å². The quantitative estimate of drug-likeness (QED) is 0.704. The molecule has 0 saturated carbocycles. The summed E-state index contributed by atoms with van der Waals surface area (Å²) >= 11 is 0. The monoisotopic (exact) mass is 280 g/mol. The number of benzene rings is 1. The van der Waals surface area contributed by atoms with Crippen molar-refractivity contribution in [3.05, 3.63) is 60.6 Å². The van der Waals surface area contributed by atoms with Gasteiger partial charge in [0.05, 0.1) is 6.10 Å². The van der Waals surface area contributed by atoms with Gasteiger partial charge < -0.3 is 9.30 Å². The first-order chi connectivity index (χ1) is 10.2. The molecule has 108 valence electrons. The van der Waals surface area contributed by atoms with Crippen molar-refractivity contribution in [3.63, 3.8) is 0 Å². The van der Waals surface area contributed by atoms with Crippen molar-refractivity contribution < 1.29 is 4.74 Å². The predicted molar refractivity (Wildman–Crippen MR) is 85.6 cm³/mol. The number of aryl methyl sites for hydroxylation is 2. The number of hydrogen-bond acceptors (Lipinski definition) is 2. The Hall–Kier alpha value is -2.29. The zero-order chi connectivity index (χ0) is 14.7. The minimum Gasteiger partial charge on any atom is -0.491 e. The molecule has 0 bridgehead atoms. The lowest BCUT2D eigenvalue weighted by molar-refractivity contribution is 0.243. The SMILES string of the molecule is CC(C)Oc1ccc2c(ccn2CCc2cccnc2)c1. The largest absolute Gasteiger partial charge is 0.491 e. The van der Waals surface area contributed by atoms with Crippen LogP contribution in [-0.4, -0.2) is 15.7 Å². The average Bonchev–Trinajstić information content (AvgIpc) is 2.88. The molecule has 0 unspecified atom stereocenters. The summed E-state index contributed by atoms with van der Waals surface area (Å²) in [6, 6.07) is 12.5. The molecule has 1 aromatic carbocycles. The first-order valence-electron chi connectivity index (χ1n) is 7.37. The molecule has 0 radical (unpaired) electrons. The lowest BCUT2D eigenvalue weighted by atomic mass is 10.2. The lowest BCUT2D eigenvalue weighted by Gasteiger charge is -2.10. The number of pyridine rings is 1. The van der Waals surface area contributed by atoms with Crippen LogP contribution in [0.5, 0.6) is 5.75 Å². The Morgan fingerprint density at radius 3 is 2.86 bits per heavy atom. The fourth-order valence-corrected chi connectivity index (χ4v) is 2.51. The molecule has 3 aromatic rings. The normalized spacial score (nSPS) is 11.2. The highest BCUT2D eigenvalue weighted by atomic mass is 16.5. The van der Waals surface area contributed by atoms with Crippen molar-refractivity contribution in [3.8, 4) is 5.75 Å². The molecule has 0 saturated heterocycles. The maximum Gasteiger partial charge on any atom is 0.120 e. The van der Waals surface area contributed by atoms with Crippen molar-refractivity contribution in [1.29, 1.82) is 0 Å². The van der Waals surface area contributed by atoms with Gasteiger partial charge in [-0.2, -0.15) is 0 Å². The molecule has 0 N–H and O–H groups in total. The van der Waals surface area contributed by atoms with Gasteiger partial charge >= 0.3 is 0 Å². The molecule has 0 fully saturated rings. The Bertz CT molecular complexity index is 716. The number of rotatable bonds is 5. The highest BCUT2D eigenvalue weighted by Crippen LogP contribution is 2.23. The van der Waals surface area contributed by atoms with Gasteiger partial charge in [-0.25, -0.2) is 0 Å². The van der Waals surface area contributed by atoms with Gasteiger partial charge in [0.25, 0.3) is 0 Å². The third kappa shape index (κ3) is 3.24. The van der Waals surface area contributed by atoms with E-state index in [0.29, 0.717) is 0 Å². The van der Waals surface area contributed by atoms with Crippen LogP contribution in [0.2, 0.25) is 0 Å². The standard InChI is InChI=1S/C18H20N2O/c1-14(2)21-17-5-6-18-16(12-17)8-11-20(18)10-7-15-4-3-9-19-13-15/h3-6,8-9,11-14H,7,10H2,1-2H3. The number of hydrogen-bond donors (Lipinski definition) is 0. The fraction of sp³-hybridized carbons (Fsp3) is 0.278. The molecule has 0 aliphatic carbocycles. The van der Waals surface area contributed by atoms with Gasteiger partial charge in [0, 0.05) is 36.0 Å². The molecule has 0 aliphatic rings. The molecular weight excluding hydrogens is 260 g/mol. The summed E-state index contributed by atoms with van der Waals surface area (Å²) in [4.78, 5) is 4.16. The second kappa shape index (κ2) is 6.00. The molecular formula is C18H20N2O. The maximum atomic E-state index is 5.74. The third-order valence-electron chi connectivity index (χ3n) is 3.48. The first kappa shape index (κ1) is 13.7. The number of nitrogens with zero attached hydrogens (tertiary/aromatic N) is 2. The number of fused-ring (bicyclic) bond motifs is 1. The average molecular weight is 280 g/mol. The minimum absolute atomic E-state index is 0.204. The van der Waals surface area contributed by atoms with Crippen LogP contribution < -0.4 is 4.74 Å². The van der Waals surface area contributed by atoms with Crippen LogP contribution in [-0.2, 0) is 13.0 Å². The van der Waals surface area contributed by atoms with Gasteiger partial charge in [0.15, 0.2) is 0 Å². The fourth-order valence-electron chi connectivity index (χ4n) is 2.51. The van der Waals surface area contributed by atoms with Gasteiger partial charge in [-0.05, 0) is 56.2 Å². The van der Waals surface area contributed by atoms with Gasteiger partial charge in [-0.15, -0.1) is 0 Å². The Labute approximate surface area is 125 Å². The predicted octanol–water partition coefficient (Wildman–Crippen LogP) is 4.07. The van der Waals surface area contributed by atoms with E-state index >= 15 is 0 Å². The van der Waals surface area contributed by atoms with Crippen LogP contribution >= 0.6 is 0 Å². The summed E-state index contributed by atoms with van der Waals surface area (Å²) in [6.07, 6.45) is 7.07. The molecule has 3 nitrogen and oxygen atoms in total. The van der Waals surface area contributed by atoms with Crippen LogP contribution in [0.25, 0.3) is 10.9 Å². The summed E-state index contributed by atoms with van der Waals surface area (Å²) in [6.45, 7) is 5.05. The lowest BCUT2D eigenvalue weighted by Crippen LogP contribution is -2.05. The smallest absolute Gasteiger partial charge is 0.120 e. The molecule has 3 rings (SSSR count). The van der Waals surface area contributed by atoms with E-state index in [1.165, 1.54) is 16.5 Å². The van der Waals surface area contributed by atoms with Crippen LogP contribution in [0.1, 0.15) is 19.4 Å². The van der Waals surface area contributed by atoms with Crippen LogP contribution in [0.15, 0.2) is 55.0 Å². The summed E-state index contributed by atoms with van der Waals surface area (Å²) in [5.41, 5.74) is 2.51. The summed E-state index contributed by atoms with van der Waals surface area (Å²) in [7, 11) is 0. The Kier molecular flexibility index (Phi) is 3.91. The highest BCUT2D eigenvalue weighted by molar-refractivity contribution is 5.81. The molecule has 21 heavy (non-hydrogen) atoms. The van der Waals surface area contributed by atoms with E-state index in [0.717, 1.165) is 18.7 Å². The zero-order valence-electron chi connectivity index (χ0n) is 12.5. The number of aromatic nitrogens is 2. The molecule has 0 amide bonds. The minimum atomic E-state index is 0.204. The van der Waals surface area contributed by atoms with Crippen molar-refractivity contribution in [1.82, 2.24) is 9.55 Å². The van der Waals surface area contributed by atoms with E-state index in [1.807, 2.05) is 38.4 Å². The summed E-state index contributed by atoms with van der Waals surface area (Å²) in [5.74, 6) is 0.933. The second-order valence-corrected chi connectivity index (χ2v) is 5.51. The van der Waals surface area contributed by atoms with Crippen LogP contribution in [0.3, 0.4) is 0 Å². The van der Waals surface area contributed by atoms with E-state index in [4.69, 9.17) is 4.74 Å². The Morgan fingerprint density at radius 2 is 2.10 bits per heavy atom. The third-order valence-corrected chi connectivity index (χ3v) is 3.48. The molecule has 0 spiro atoms. The van der Waals surface area contributed by atoms with Crippen LogP contribution in [0, 0.1) is 0 Å². The summed E-state index contributed by atoms with van der Waals surface area (Å²) < 4.78 is 8.02. The molecule has 3 heteroatoms. The first-order valence-corrected chi connectivity index (χ1v) is 7.37. The van der Waals surface area contributed by atoms with Crippen molar-refractivity contribution in [2.75, 3.05) is 0 Å². The van der Waals surface area contributed by atoms with E-state index in [2.05, 4.69) is 40.0 Å². The Morgan fingerprint density at radius 1 is 1.19 bits per heavy atom. The highest BCUT2D eigenvalue weighted by Gasteiger charge is 2.04. The zero-order valence-corrected chi connectivity index (χ0v) is 12.5. The van der Waals surface area contributed by atoms with E-state index in [1.54, 1.807) is 0 Å². The maximum absolute atomic E-state index is 5.74. The van der Waals surface area contributed by atoms with Gasteiger partial charge in [-0.3, -0.25) is 4.98 Å². The molecule has 0 aliphatic heterocycles. The van der Waals surface area contributed by atoms with E-state index in [9.17, 15) is 0 Å². The van der Waals surface area contributed by atoms with Gasteiger partial charge in [0.1, 0.15) is 5.75 Å². The second-order valence-electron chi connectivity index (χ2n) is 5.51. The molecule has 2 heterocycles. The van der Waals surface area contributed by atoms with Gasteiger partial charge in [0.2, 0.25) is 0 Å². The van der Waals surface area contributed by atoms with Crippen molar-refractivity contribution in [2.24, 2.45) is 0 Å². The molecule has 0 atom stereocenters. The van der Waals surface area contributed by atoms with Crippen molar-refractivity contribution >= 4 is 10.9 Å². The number of ether oxygens (including phenoxy) is 1. The van der Waals surface area contributed by atoms with Gasteiger partial charge in [-0.1, -0.05) is 6.07 Å². The van der Waals surface area contributed by atoms with Crippen molar-refractivity contribution in [2.45, 2.75) is 32.9 Å². The molecule has 2 aromatic heterocycles. The topological polar surface area (TPSA) is 27.1 Å². The van der Waals surface area contributed by atoms with Crippen LogP contribution in [0.4, 0.5) is 0 Å².